The molecule has 3 aromatic rings. The van der Waals surface area contributed by atoms with Crippen LogP contribution in [-0.2, 0) is 16.6 Å². The van der Waals surface area contributed by atoms with Crippen LogP contribution in [0, 0.1) is 6.92 Å². The number of aryl methyl sites for hydroxylation is 2. The van der Waals surface area contributed by atoms with Gasteiger partial charge in [-0.1, -0.05) is 0 Å². The minimum Gasteiger partial charge on any atom is -0.497 e. The molecule has 2 N–H and O–H groups in total. The number of ether oxygens (including phenoxy) is 2. The summed E-state index contributed by atoms with van der Waals surface area (Å²) in [6.45, 7) is 4.66. The molecule has 0 aliphatic heterocycles. The number of hydrogen-bond donors (Lipinski definition) is 2. The lowest BCUT2D eigenvalue weighted by atomic mass is 10.2. The maximum absolute atomic E-state index is 12.6. The molecule has 1 amide bonds. The fraction of sp³-hybridized carbons (Fsp3) is 0.263. The number of aromatic nitrogens is 2. The second-order valence-electron chi connectivity index (χ2n) is 6.18. The number of imidazole rings is 1. The van der Waals surface area contributed by atoms with Crippen LogP contribution in [0.4, 0.5) is 0 Å². The number of fused-ring (bicyclic) bond motifs is 1. The molecule has 0 saturated carbocycles. The Balaban J connectivity index is 1.82. The van der Waals surface area contributed by atoms with Crippen LogP contribution in [0.2, 0.25) is 0 Å². The first kappa shape index (κ1) is 20.6. The Labute approximate surface area is 168 Å². The number of benzene rings is 2. The van der Waals surface area contributed by atoms with E-state index >= 15 is 0 Å². The molecule has 3 rings (SSSR count). The van der Waals surface area contributed by atoms with Crippen molar-refractivity contribution in [1.82, 2.24) is 19.8 Å². The van der Waals surface area contributed by atoms with Crippen LogP contribution in [-0.4, -0.2) is 38.1 Å². The number of hydrogen-bond acceptors (Lipinski definition) is 6. The highest BCUT2D eigenvalue weighted by Gasteiger charge is 2.22. The van der Waals surface area contributed by atoms with Gasteiger partial charge in [0.05, 0.1) is 25.3 Å². The quantitative estimate of drug-likeness (QED) is 0.568. The summed E-state index contributed by atoms with van der Waals surface area (Å²) in [5, 5.41) is 0. The van der Waals surface area contributed by atoms with Crippen LogP contribution in [0.25, 0.3) is 11.0 Å². The molecule has 10 heteroatoms. The average Bonchev–Trinajstić information content (AvgIpc) is 3.05. The maximum Gasteiger partial charge on any atom is 0.266 e. The highest BCUT2D eigenvalue weighted by Crippen LogP contribution is 2.27. The SMILES string of the molecule is CCn1c(C)nc2cc(C(=O)NNS(=O)(=O)c3cc(OC)ccc3OC)ccc21. The summed E-state index contributed by atoms with van der Waals surface area (Å²) in [5.74, 6) is 0.686. The van der Waals surface area contributed by atoms with E-state index in [0.717, 1.165) is 17.9 Å². The van der Waals surface area contributed by atoms with Gasteiger partial charge in [0.1, 0.15) is 22.2 Å². The average molecular weight is 418 g/mol. The fourth-order valence-electron chi connectivity index (χ4n) is 3.03. The van der Waals surface area contributed by atoms with Gasteiger partial charge in [0.15, 0.2) is 0 Å². The third-order valence-corrected chi connectivity index (χ3v) is 5.75. The molecular weight excluding hydrogens is 396 g/mol. The number of sulfonamides is 1. The molecule has 29 heavy (non-hydrogen) atoms. The van der Waals surface area contributed by atoms with Crippen LogP contribution in [0.5, 0.6) is 11.5 Å². The van der Waals surface area contributed by atoms with Crippen molar-refractivity contribution in [2.45, 2.75) is 25.3 Å². The van der Waals surface area contributed by atoms with E-state index in [1.54, 1.807) is 24.3 Å². The Hall–Kier alpha value is -3.11. The summed E-state index contributed by atoms with van der Waals surface area (Å²) < 4.78 is 37.5. The monoisotopic (exact) mass is 418 g/mol. The number of hydrazine groups is 1. The van der Waals surface area contributed by atoms with Gasteiger partial charge in [-0.15, -0.1) is 4.83 Å². The zero-order chi connectivity index (χ0) is 21.2. The number of amides is 1. The molecule has 2 aromatic carbocycles. The van der Waals surface area contributed by atoms with Crippen molar-refractivity contribution in [3.8, 4) is 11.5 Å². The lowest BCUT2D eigenvalue weighted by Gasteiger charge is -2.13. The molecule has 0 radical (unpaired) electrons. The van der Waals surface area contributed by atoms with Gasteiger partial charge in [-0.2, -0.15) is 0 Å². The van der Waals surface area contributed by atoms with Gasteiger partial charge in [0.25, 0.3) is 15.9 Å². The molecule has 0 saturated heterocycles. The molecule has 0 bridgehead atoms. The number of methoxy groups -OCH3 is 2. The summed E-state index contributed by atoms with van der Waals surface area (Å²) >= 11 is 0. The standard InChI is InChI=1S/C19H22N4O5S/c1-5-23-12(2)20-15-10-13(6-8-16(15)23)19(24)21-22-29(25,26)18-11-14(27-3)7-9-17(18)28-4/h6-11,22H,5H2,1-4H3,(H,21,24). The molecule has 0 atom stereocenters. The second-order valence-corrected chi connectivity index (χ2v) is 7.83. The summed E-state index contributed by atoms with van der Waals surface area (Å²) in [4.78, 5) is 18.8. The summed E-state index contributed by atoms with van der Waals surface area (Å²) in [5.41, 5.74) is 4.06. The number of carbonyl (C=O) groups excluding carboxylic acids is 1. The Morgan fingerprint density at radius 3 is 2.55 bits per heavy atom. The van der Waals surface area contributed by atoms with E-state index < -0.39 is 15.9 Å². The van der Waals surface area contributed by atoms with Crippen molar-refractivity contribution in [3.63, 3.8) is 0 Å². The van der Waals surface area contributed by atoms with Gasteiger partial charge in [-0.3, -0.25) is 10.2 Å². The number of carbonyl (C=O) groups is 1. The predicted octanol–water partition coefficient (Wildman–Crippen LogP) is 2.01. The maximum atomic E-state index is 12.6. The Morgan fingerprint density at radius 1 is 1.14 bits per heavy atom. The van der Waals surface area contributed by atoms with Crippen LogP contribution in [0.3, 0.4) is 0 Å². The van der Waals surface area contributed by atoms with E-state index in [1.165, 1.54) is 26.4 Å². The lowest BCUT2D eigenvalue weighted by molar-refractivity contribution is 0.0945. The van der Waals surface area contributed by atoms with Crippen molar-refractivity contribution in [3.05, 3.63) is 47.8 Å². The van der Waals surface area contributed by atoms with Gasteiger partial charge >= 0.3 is 0 Å². The third kappa shape index (κ3) is 4.03. The molecule has 0 fully saturated rings. The molecule has 0 aliphatic rings. The van der Waals surface area contributed by atoms with Gasteiger partial charge < -0.3 is 14.0 Å². The van der Waals surface area contributed by atoms with Crippen molar-refractivity contribution < 1.29 is 22.7 Å². The first-order valence-electron chi connectivity index (χ1n) is 8.81. The third-order valence-electron chi connectivity index (χ3n) is 4.48. The fourth-order valence-corrected chi connectivity index (χ4v) is 4.05. The smallest absolute Gasteiger partial charge is 0.266 e. The van der Waals surface area contributed by atoms with Crippen molar-refractivity contribution >= 4 is 27.0 Å². The minimum absolute atomic E-state index is 0.120. The number of nitrogens with zero attached hydrogens (tertiary/aromatic N) is 2. The molecule has 0 aliphatic carbocycles. The van der Waals surface area contributed by atoms with Gasteiger partial charge in [-0.25, -0.2) is 13.4 Å². The molecule has 9 nitrogen and oxygen atoms in total. The summed E-state index contributed by atoms with van der Waals surface area (Å²) in [7, 11) is -1.32. The molecule has 0 spiro atoms. The lowest BCUT2D eigenvalue weighted by Crippen LogP contribution is -2.41. The molecule has 1 aromatic heterocycles. The zero-order valence-corrected chi connectivity index (χ0v) is 17.3. The molecule has 1 heterocycles. The highest BCUT2D eigenvalue weighted by molar-refractivity contribution is 7.89. The van der Waals surface area contributed by atoms with E-state index in [4.69, 9.17) is 9.47 Å². The van der Waals surface area contributed by atoms with Crippen LogP contribution in [0.15, 0.2) is 41.3 Å². The minimum atomic E-state index is -4.09. The first-order chi connectivity index (χ1) is 13.8. The zero-order valence-electron chi connectivity index (χ0n) is 16.5. The number of nitrogens with one attached hydrogen (secondary N) is 2. The Morgan fingerprint density at radius 2 is 1.90 bits per heavy atom. The van der Waals surface area contributed by atoms with E-state index in [-0.39, 0.29) is 16.2 Å². The second kappa shape index (κ2) is 8.10. The molecule has 0 unspecified atom stereocenters. The normalized spacial score (nSPS) is 11.4. The van der Waals surface area contributed by atoms with E-state index in [1.807, 2.05) is 18.4 Å². The topological polar surface area (TPSA) is 112 Å². The number of rotatable bonds is 7. The van der Waals surface area contributed by atoms with Crippen LogP contribution in [0.1, 0.15) is 23.1 Å². The van der Waals surface area contributed by atoms with E-state index in [9.17, 15) is 13.2 Å². The van der Waals surface area contributed by atoms with Crippen molar-refractivity contribution in [2.75, 3.05) is 14.2 Å². The van der Waals surface area contributed by atoms with Crippen molar-refractivity contribution in [2.24, 2.45) is 0 Å². The van der Waals surface area contributed by atoms with Crippen LogP contribution < -0.4 is 19.7 Å². The summed E-state index contributed by atoms with van der Waals surface area (Å²) in [6.07, 6.45) is 0. The van der Waals surface area contributed by atoms with Crippen molar-refractivity contribution in [1.29, 1.82) is 0 Å². The van der Waals surface area contributed by atoms with Gasteiger partial charge in [0, 0.05) is 18.2 Å². The highest BCUT2D eigenvalue weighted by atomic mass is 32.2. The van der Waals surface area contributed by atoms with Gasteiger partial charge in [0.2, 0.25) is 0 Å². The Bertz CT molecular complexity index is 1170. The molecular formula is C19H22N4O5S. The largest absolute Gasteiger partial charge is 0.497 e. The summed E-state index contributed by atoms with van der Waals surface area (Å²) in [6, 6.07) is 9.36. The van der Waals surface area contributed by atoms with Gasteiger partial charge in [-0.05, 0) is 44.2 Å². The molecule has 154 valence electrons. The van der Waals surface area contributed by atoms with E-state index in [2.05, 4.69) is 15.2 Å². The van der Waals surface area contributed by atoms with E-state index in [0.29, 0.717) is 11.3 Å². The Kier molecular flexibility index (Phi) is 5.76. The van der Waals surface area contributed by atoms with Crippen LogP contribution >= 0.6 is 0 Å². The first-order valence-corrected chi connectivity index (χ1v) is 10.3. The predicted molar refractivity (Wildman–Crippen MR) is 107 cm³/mol.